The van der Waals surface area contributed by atoms with Crippen LogP contribution in [0.1, 0.15) is 17.2 Å². The van der Waals surface area contributed by atoms with Crippen LogP contribution in [-0.2, 0) is 6.54 Å². The zero-order valence-electron chi connectivity index (χ0n) is 9.60. The molecule has 0 aromatic heterocycles. The van der Waals surface area contributed by atoms with Gasteiger partial charge in [-0.3, -0.25) is 0 Å². The third-order valence-electron chi connectivity index (χ3n) is 3.12. The molecule has 1 heterocycles. The van der Waals surface area contributed by atoms with Crippen LogP contribution in [0.5, 0.6) is 5.75 Å². The summed E-state index contributed by atoms with van der Waals surface area (Å²) in [5.74, 6) is 0.999. The van der Waals surface area contributed by atoms with Crippen molar-refractivity contribution in [1.29, 1.82) is 0 Å². The van der Waals surface area contributed by atoms with E-state index in [1.807, 2.05) is 24.3 Å². The van der Waals surface area contributed by atoms with Crippen molar-refractivity contribution in [1.82, 2.24) is 5.32 Å². The molecule has 0 saturated heterocycles. The summed E-state index contributed by atoms with van der Waals surface area (Å²) in [7, 11) is 0. The Morgan fingerprint density at radius 1 is 0.941 bits per heavy atom. The maximum Gasteiger partial charge on any atom is 0.123 e. The number of nitrogens with one attached hydrogen (secondary N) is 1. The minimum atomic E-state index is 0.267. The van der Waals surface area contributed by atoms with Gasteiger partial charge in [0.1, 0.15) is 12.4 Å². The number of fused-ring (bicyclic) bond motifs is 1. The molecular formula is C15H15NO. The lowest BCUT2D eigenvalue weighted by molar-refractivity contribution is 0.280. The van der Waals surface area contributed by atoms with Gasteiger partial charge >= 0.3 is 0 Å². The van der Waals surface area contributed by atoms with Crippen LogP contribution in [0.2, 0.25) is 0 Å². The molecule has 2 aromatic rings. The van der Waals surface area contributed by atoms with Crippen LogP contribution in [0.4, 0.5) is 0 Å². The van der Waals surface area contributed by atoms with Gasteiger partial charge < -0.3 is 10.1 Å². The summed E-state index contributed by atoms with van der Waals surface area (Å²) in [5.41, 5.74) is 2.51. The molecule has 0 saturated carbocycles. The standard InChI is InChI=1S/C15H15NO/c1-2-6-12(7-3-1)14-11-17-15-9-5-4-8-13(15)10-16-14/h1-9,14,16H,10-11H2. The van der Waals surface area contributed by atoms with Crippen molar-refractivity contribution in [3.05, 3.63) is 65.7 Å². The number of hydrogen-bond donors (Lipinski definition) is 1. The van der Waals surface area contributed by atoms with E-state index in [1.54, 1.807) is 0 Å². The van der Waals surface area contributed by atoms with E-state index in [1.165, 1.54) is 11.1 Å². The van der Waals surface area contributed by atoms with Crippen molar-refractivity contribution in [3.63, 3.8) is 0 Å². The molecule has 0 radical (unpaired) electrons. The predicted octanol–water partition coefficient (Wildman–Crippen LogP) is 2.91. The van der Waals surface area contributed by atoms with E-state index in [9.17, 15) is 0 Å². The first-order valence-electron chi connectivity index (χ1n) is 5.92. The van der Waals surface area contributed by atoms with Crippen LogP contribution in [0, 0.1) is 0 Å². The smallest absolute Gasteiger partial charge is 0.123 e. The van der Waals surface area contributed by atoms with E-state index >= 15 is 0 Å². The van der Waals surface area contributed by atoms with Crippen LogP contribution >= 0.6 is 0 Å². The van der Waals surface area contributed by atoms with Crippen LogP contribution in [0.15, 0.2) is 54.6 Å². The fraction of sp³-hybridized carbons (Fsp3) is 0.200. The lowest BCUT2D eigenvalue weighted by Gasteiger charge is -2.15. The van der Waals surface area contributed by atoms with Crippen molar-refractivity contribution in [2.24, 2.45) is 0 Å². The van der Waals surface area contributed by atoms with Gasteiger partial charge in [-0.25, -0.2) is 0 Å². The number of benzene rings is 2. The van der Waals surface area contributed by atoms with E-state index < -0.39 is 0 Å². The Bertz CT molecular complexity index is 468. The van der Waals surface area contributed by atoms with E-state index in [0.717, 1.165) is 12.3 Å². The third-order valence-corrected chi connectivity index (χ3v) is 3.12. The Hall–Kier alpha value is -1.80. The molecular weight excluding hydrogens is 210 g/mol. The fourth-order valence-corrected chi connectivity index (χ4v) is 2.16. The lowest BCUT2D eigenvalue weighted by atomic mass is 10.1. The summed E-state index contributed by atoms with van der Waals surface area (Å²) in [6.07, 6.45) is 0. The molecule has 17 heavy (non-hydrogen) atoms. The highest BCUT2D eigenvalue weighted by Crippen LogP contribution is 2.24. The minimum Gasteiger partial charge on any atom is -0.491 e. The van der Waals surface area contributed by atoms with Crippen molar-refractivity contribution >= 4 is 0 Å². The van der Waals surface area contributed by atoms with Crippen LogP contribution in [0.25, 0.3) is 0 Å². The van der Waals surface area contributed by atoms with E-state index in [4.69, 9.17) is 4.74 Å². The molecule has 1 N–H and O–H groups in total. The molecule has 2 heteroatoms. The van der Waals surface area contributed by atoms with Gasteiger partial charge in [0.05, 0.1) is 6.04 Å². The van der Waals surface area contributed by atoms with Gasteiger partial charge in [-0.1, -0.05) is 48.5 Å². The van der Waals surface area contributed by atoms with Crippen LogP contribution < -0.4 is 10.1 Å². The molecule has 0 aliphatic carbocycles. The molecule has 1 unspecified atom stereocenters. The Morgan fingerprint density at radius 2 is 1.71 bits per heavy atom. The van der Waals surface area contributed by atoms with Gasteiger partial charge in [0.25, 0.3) is 0 Å². The van der Waals surface area contributed by atoms with Crippen molar-refractivity contribution in [2.75, 3.05) is 6.61 Å². The van der Waals surface area contributed by atoms with E-state index in [2.05, 4.69) is 35.6 Å². The second kappa shape index (κ2) is 4.60. The van der Waals surface area contributed by atoms with Gasteiger partial charge in [-0.2, -0.15) is 0 Å². The molecule has 2 aromatic carbocycles. The maximum absolute atomic E-state index is 5.85. The largest absolute Gasteiger partial charge is 0.491 e. The summed E-state index contributed by atoms with van der Waals surface area (Å²) in [5, 5.41) is 3.53. The van der Waals surface area contributed by atoms with Crippen molar-refractivity contribution in [3.8, 4) is 5.75 Å². The summed E-state index contributed by atoms with van der Waals surface area (Å²) >= 11 is 0. The predicted molar refractivity (Wildman–Crippen MR) is 68.0 cm³/mol. The SMILES string of the molecule is c1ccc(C2COc3ccccc3CN2)cc1. The molecule has 0 bridgehead atoms. The summed E-state index contributed by atoms with van der Waals surface area (Å²) in [6.45, 7) is 1.54. The van der Waals surface area contributed by atoms with Crippen molar-refractivity contribution in [2.45, 2.75) is 12.6 Å². The molecule has 0 amide bonds. The van der Waals surface area contributed by atoms with E-state index in [0.29, 0.717) is 6.61 Å². The average molecular weight is 225 g/mol. The summed E-state index contributed by atoms with van der Waals surface area (Å²) < 4.78 is 5.85. The number of para-hydroxylation sites is 1. The third kappa shape index (κ3) is 2.17. The highest BCUT2D eigenvalue weighted by molar-refractivity contribution is 5.34. The Morgan fingerprint density at radius 3 is 2.59 bits per heavy atom. The number of hydrogen-bond acceptors (Lipinski definition) is 2. The van der Waals surface area contributed by atoms with Crippen molar-refractivity contribution < 1.29 is 4.74 Å². The molecule has 0 fully saturated rings. The van der Waals surface area contributed by atoms with Gasteiger partial charge in [0, 0.05) is 12.1 Å². The zero-order chi connectivity index (χ0) is 11.5. The first-order chi connectivity index (χ1) is 8.43. The maximum atomic E-state index is 5.85. The molecule has 86 valence electrons. The number of ether oxygens (including phenoxy) is 1. The monoisotopic (exact) mass is 225 g/mol. The van der Waals surface area contributed by atoms with E-state index in [-0.39, 0.29) is 6.04 Å². The molecule has 1 aliphatic heterocycles. The Kier molecular flexibility index (Phi) is 2.80. The molecule has 0 spiro atoms. The van der Waals surface area contributed by atoms with Gasteiger partial charge in [-0.15, -0.1) is 0 Å². The fourth-order valence-electron chi connectivity index (χ4n) is 2.16. The molecule has 2 nitrogen and oxygen atoms in total. The number of rotatable bonds is 1. The highest BCUT2D eigenvalue weighted by atomic mass is 16.5. The Balaban J connectivity index is 1.82. The first-order valence-corrected chi connectivity index (χ1v) is 5.92. The van der Waals surface area contributed by atoms with Gasteiger partial charge in [0.15, 0.2) is 0 Å². The molecule has 1 aliphatic rings. The molecule has 1 atom stereocenters. The summed E-state index contributed by atoms with van der Waals surface area (Å²) in [4.78, 5) is 0. The topological polar surface area (TPSA) is 21.3 Å². The minimum absolute atomic E-state index is 0.267. The zero-order valence-corrected chi connectivity index (χ0v) is 9.60. The second-order valence-electron chi connectivity index (χ2n) is 4.26. The first kappa shape index (κ1) is 10.4. The van der Waals surface area contributed by atoms with Crippen LogP contribution in [0.3, 0.4) is 0 Å². The average Bonchev–Trinajstić information content (AvgIpc) is 2.62. The second-order valence-corrected chi connectivity index (χ2v) is 4.26. The normalized spacial score (nSPS) is 18.9. The van der Waals surface area contributed by atoms with Gasteiger partial charge in [-0.05, 0) is 11.6 Å². The van der Waals surface area contributed by atoms with Gasteiger partial charge in [0.2, 0.25) is 0 Å². The highest BCUT2D eigenvalue weighted by Gasteiger charge is 2.17. The lowest BCUT2D eigenvalue weighted by Crippen LogP contribution is -2.23. The quantitative estimate of drug-likeness (QED) is 0.805. The summed E-state index contributed by atoms with van der Waals surface area (Å²) in [6, 6.07) is 18.9. The van der Waals surface area contributed by atoms with Crippen LogP contribution in [-0.4, -0.2) is 6.61 Å². The molecule has 3 rings (SSSR count). The Labute approximate surface area is 101 Å².